The maximum atomic E-state index is 12.3. The van der Waals surface area contributed by atoms with Crippen molar-refractivity contribution in [3.63, 3.8) is 0 Å². The van der Waals surface area contributed by atoms with Crippen molar-refractivity contribution >= 4 is 11.8 Å². The molecule has 0 bridgehead atoms. The molecule has 2 aromatic heterocycles. The fourth-order valence-corrected chi connectivity index (χ4v) is 5.64. The van der Waals surface area contributed by atoms with Crippen LogP contribution in [0.15, 0.2) is 45.6 Å². The van der Waals surface area contributed by atoms with E-state index >= 15 is 0 Å². The third-order valence-corrected chi connectivity index (χ3v) is 7.35. The molecule has 4 rings (SSSR count). The number of carbonyl (C=O) groups excluding carboxylic acids is 2. The average Bonchev–Trinajstić information content (AvgIpc) is 3.46. The fraction of sp³-hybridized carbons (Fsp3) is 0.600. The van der Waals surface area contributed by atoms with E-state index in [9.17, 15) is 9.59 Å². The van der Waals surface area contributed by atoms with Gasteiger partial charge in [0.05, 0.1) is 12.5 Å². The van der Waals surface area contributed by atoms with E-state index < -0.39 is 0 Å². The Balaban J connectivity index is 1.21. The minimum Gasteiger partial charge on any atom is -0.459 e. The molecule has 2 aliphatic rings. The van der Waals surface area contributed by atoms with E-state index in [2.05, 4.69) is 24.5 Å². The highest BCUT2D eigenvalue weighted by Crippen LogP contribution is 2.39. The summed E-state index contributed by atoms with van der Waals surface area (Å²) in [6, 6.07) is 7.35. The van der Waals surface area contributed by atoms with Crippen molar-refractivity contribution in [3.8, 4) is 0 Å². The second kappa shape index (κ2) is 9.75. The average molecular weight is 427 g/mol. The van der Waals surface area contributed by atoms with Gasteiger partial charge in [0.1, 0.15) is 0 Å². The smallest absolute Gasteiger partial charge is 0.287 e. The number of hydrogen-bond donors (Lipinski definition) is 2. The van der Waals surface area contributed by atoms with Crippen molar-refractivity contribution in [3.05, 3.63) is 48.3 Å². The van der Waals surface area contributed by atoms with Crippen LogP contribution in [-0.4, -0.2) is 23.9 Å². The van der Waals surface area contributed by atoms with E-state index in [1.54, 1.807) is 24.3 Å². The van der Waals surface area contributed by atoms with Gasteiger partial charge in [0.25, 0.3) is 11.8 Å². The first-order valence-electron chi connectivity index (χ1n) is 11.7. The molecule has 2 saturated carbocycles. The first kappa shape index (κ1) is 21.7. The standard InChI is InChI=1S/C25H34N2O4/c1-16-13-18(7-9-20(16)26-24(28)22-5-3-11-30-22)15-19-8-10-21(17(2)14-19)27-25(29)23-6-4-12-31-23/h3-6,11-12,16-21H,7-10,13-15H2,1-2H3,(H,26,28)(H,27,29)/t16-,17+,18-,19-,20+,21+/m1/s1. The Morgan fingerprint density at radius 2 is 1.26 bits per heavy atom. The lowest BCUT2D eigenvalue weighted by molar-refractivity contribution is 0.0841. The van der Waals surface area contributed by atoms with Gasteiger partial charge >= 0.3 is 0 Å². The number of furan rings is 2. The Labute approximate surface area is 184 Å². The van der Waals surface area contributed by atoms with Gasteiger partial charge in [-0.3, -0.25) is 9.59 Å². The Kier molecular flexibility index (Phi) is 6.83. The molecule has 0 saturated heterocycles. The summed E-state index contributed by atoms with van der Waals surface area (Å²) in [7, 11) is 0. The van der Waals surface area contributed by atoms with Crippen molar-refractivity contribution < 1.29 is 18.4 Å². The highest BCUT2D eigenvalue weighted by Gasteiger charge is 2.34. The molecule has 31 heavy (non-hydrogen) atoms. The van der Waals surface area contributed by atoms with Gasteiger partial charge in [-0.25, -0.2) is 0 Å². The lowest BCUT2D eigenvalue weighted by atomic mass is 9.70. The van der Waals surface area contributed by atoms with Gasteiger partial charge in [0.15, 0.2) is 11.5 Å². The topological polar surface area (TPSA) is 84.5 Å². The van der Waals surface area contributed by atoms with Crippen molar-refractivity contribution in [2.45, 2.75) is 70.9 Å². The molecule has 0 radical (unpaired) electrons. The molecule has 0 aromatic carbocycles. The summed E-state index contributed by atoms with van der Waals surface area (Å²) >= 11 is 0. The van der Waals surface area contributed by atoms with E-state index in [-0.39, 0.29) is 23.9 Å². The van der Waals surface area contributed by atoms with Crippen LogP contribution in [0.5, 0.6) is 0 Å². The highest BCUT2D eigenvalue weighted by molar-refractivity contribution is 5.92. The van der Waals surface area contributed by atoms with Crippen LogP contribution in [0.3, 0.4) is 0 Å². The molecule has 2 aromatic rings. The molecule has 6 heteroatoms. The molecule has 2 fully saturated rings. The van der Waals surface area contributed by atoms with E-state index in [1.165, 1.54) is 18.9 Å². The van der Waals surface area contributed by atoms with Gasteiger partial charge in [-0.1, -0.05) is 13.8 Å². The van der Waals surface area contributed by atoms with Crippen molar-refractivity contribution in [2.75, 3.05) is 0 Å². The summed E-state index contributed by atoms with van der Waals surface area (Å²) in [5.41, 5.74) is 0. The van der Waals surface area contributed by atoms with Crippen LogP contribution in [0, 0.1) is 23.7 Å². The third kappa shape index (κ3) is 5.41. The molecule has 6 nitrogen and oxygen atoms in total. The maximum absolute atomic E-state index is 12.3. The molecule has 2 heterocycles. The summed E-state index contributed by atoms with van der Waals surface area (Å²) in [5, 5.41) is 6.31. The van der Waals surface area contributed by atoms with Gasteiger partial charge in [-0.15, -0.1) is 0 Å². The van der Waals surface area contributed by atoms with E-state index in [0.717, 1.165) is 50.4 Å². The van der Waals surface area contributed by atoms with Gasteiger partial charge < -0.3 is 19.5 Å². The molecular formula is C25H34N2O4. The zero-order chi connectivity index (χ0) is 21.8. The predicted molar refractivity (Wildman–Crippen MR) is 118 cm³/mol. The SMILES string of the molecule is C[C@@H]1C[C@H](C[C@@H]2CC[C@H](NC(=O)c3ccco3)[C@@H](C)C2)CC[C@@H]1NC(=O)c1ccco1. The Morgan fingerprint density at radius 1 is 0.806 bits per heavy atom. The number of carbonyl (C=O) groups is 2. The van der Waals surface area contributed by atoms with Gasteiger partial charge in [-0.05, 0) is 92.9 Å². The second-order valence-electron chi connectivity index (χ2n) is 9.66. The zero-order valence-corrected chi connectivity index (χ0v) is 18.5. The van der Waals surface area contributed by atoms with Crippen LogP contribution < -0.4 is 10.6 Å². The first-order valence-corrected chi connectivity index (χ1v) is 11.7. The quantitative estimate of drug-likeness (QED) is 0.678. The molecule has 0 unspecified atom stereocenters. The van der Waals surface area contributed by atoms with Crippen molar-refractivity contribution in [1.29, 1.82) is 0 Å². The lowest BCUT2D eigenvalue weighted by Gasteiger charge is -2.39. The van der Waals surface area contributed by atoms with Gasteiger partial charge in [0, 0.05) is 12.1 Å². The Hall–Kier alpha value is -2.50. The van der Waals surface area contributed by atoms with Crippen LogP contribution in [0.2, 0.25) is 0 Å². The van der Waals surface area contributed by atoms with E-state index in [4.69, 9.17) is 8.83 Å². The molecule has 0 aliphatic heterocycles. The molecule has 2 amide bonds. The minimum atomic E-state index is -0.107. The van der Waals surface area contributed by atoms with Crippen molar-refractivity contribution in [2.24, 2.45) is 23.7 Å². The summed E-state index contributed by atoms with van der Waals surface area (Å²) in [4.78, 5) is 24.6. The fourth-order valence-electron chi connectivity index (χ4n) is 5.64. The summed E-state index contributed by atoms with van der Waals surface area (Å²) in [6.07, 6.45) is 11.0. The zero-order valence-electron chi connectivity index (χ0n) is 18.5. The van der Waals surface area contributed by atoms with Crippen LogP contribution in [0.4, 0.5) is 0 Å². The van der Waals surface area contributed by atoms with Crippen LogP contribution in [0.1, 0.15) is 79.9 Å². The van der Waals surface area contributed by atoms with Crippen LogP contribution in [-0.2, 0) is 0 Å². The molecular weight excluding hydrogens is 392 g/mol. The second-order valence-corrected chi connectivity index (χ2v) is 9.66. The molecule has 2 aliphatic carbocycles. The third-order valence-electron chi connectivity index (χ3n) is 7.35. The summed E-state index contributed by atoms with van der Waals surface area (Å²) in [5.74, 6) is 2.95. The van der Waals surface area contributed by atoms with E-state index in [1.807, 2.05) is 0 Å². The molecule has 2 N–H and O–H groups in total. The number of amides is 2. The molecule has 6 atom stereocenters. The number of rotatable bonds is 6. The molecule has 0 spiro atoms. The predicted octanol–water partition coefficient (Wildman–Crippen LogP) is 5.03. The molecule has 168 valence electrons. The number of hydrogen-bond acceptors (Lipinski definition) is 4. The highest BCUT2D eigenvalue weighted by atomic mass is 16.3. The van der Waals surface area contributed by atoms with Crippen LogP contribution >= 0.6 is 0 Å². The largest absolute Gasteiger partial charge is 0.459 e. The first-order chi connectivity index (χ1) is 15.0. The normalized spacial score (nSPS) is 31.2. The van der Waals surface area contributed by atoms with Crippen LogP contribution in [0.25, 0.3) is 0 Å². The maximum Gasteiger partial charge on any atom is 0.287 e. The number of nitrogens with one attached hydrogen (secondary N) is 2. The summed E-state index contributed by atoms with van der Waals surface area (Å²) < 4.78 is 10.4. The van der Waals surface area contributed by atoms with Gasteiger partial charge in [0.2, 0.25) is 0 Å². The Bertz CT molecular complexity index is 775. The summed E-state index contributed by atoms with van der Waals surface area (Å²) in [6.45, 7) is 4.51. The monoisotopic (exact) mass is 426 g/mol. The van der Waals surface area contributed by atoms with E-state index in [0.29, 0.717) is 23.4 Å². The Morgan fingerprint density at radius 3 is 1.61 bits per heavy atom. The van der Waals surface area contributed by atoms with Gasteiger partial charge in [-0.2, -0.15) is 0 Å². The van der Waals surface area contributed by atoms with Crippen molar-refractivity contribution in [1.82, 2.24) is 10.6 Å². The lowest BCUT2D eigenvalue weighted by Crippen LogP contribution is -2.44. The minimum absolute atomic E-state index is 0.107.